The van der Waals surface area contributed by atoms with E-state index in [2.05, 4.69) is 10.6 Å². The van der Waals surface area contributed by atoms with Gasteiger partial charge in [0.25, 0.3) is 5.91 Å². The molecule has 0 heterocycles. The number of aryl methyl sites for hydroxylation is 1. The number of hydrogen-bond acceptors (Lipinski definition) is 7. The van der Waals surface area contributed by atoms with Gasteiger partial charge in [0, 0.05) is 12.2 Å². The lowest BCUT2D eigenvalue weighted by Crippen LogP contribution is -2.53. The van der Waals surface area contributed by atoms with Crippen LogP contribution in [0.1, 0.15) is 64.1 Å². The summed E-state index contributed by atoms with van der Waals surface area (Å²) in [7, 11) is 1.53. The zero-order valence-electron chi connectivity index (χ0n) is 23.9. The summed E-state index contributed by atoms with van der Waals surface area (Å²) in [5, 5.41) is 15.4. The van der Waals surface area contributed by atoms with Gasteiger partial charge in [-0.05, 0) is 81.6 Å². The van der Waals surface area contributed by atoms with Gasteiger partial charge in [-0.15, -0.1) is 0 Å². The predicted molar refractivity (Wildman–Crippen MR) is 151 cm³/mol. The fourth-order valence-electron chi connectivity index (χ4n) is 3.95. The number of carbonyl (C=O) groups excluding carboxylic acids is 4. The molecule has 4 amide bonds. The number of methoxy groups -OCH3 is 1. The molecule has 11 nitrogen and oxygen atoms in total. The number of nitrogens with one attached hydrogen (secondary N) is 2. The third kappa shape index (κ3) is 9.48. The number of rotatable bonds is 12. The van der Waals surface area contributed by atoms with E-state index in [4.69, 9.17) is 15.2 Å². The molecule has 2 unspecified atom stereocenters. The van der Waals surface area contributed by atoms with Crippen molar-refractivity contribution in [1.82, 2.24) is 10.2 Å². The van der Waals surface area contributed by atoms with Crippen LogP contribution in [0.4, 0.5) is 10.5 Å². The Kier molecular flexibility index (Phi) is 11.3. The second kappa shape index (κ2) is 14.2. The van der Waals surface area contributed by atoms with Gasteiger partial charge in [0.2, 0.25) is 11.8 Å². The lowest BCUT2D eigenvalue weighted by atomic mass is 9.99. The molecule has 40 heavy (non-hydrogen) atoms. The summed E-state index contributed by atoms with van der Waals surface area (Å²) in [6, 6.07) is 8.76. The van der Waals surface area contributed by atoms with Crippen LogP contribution in [-0.4, -0.2) is 59.1 Å². The molecule has 0 aromatic heterocycles. The molecule has 0 saturated heterocycles. The topological polar surface area (TPSA) is 160 Å². The zero-order chi connectivity index (χ0) is 30.0. The Morgan fingerprint density at radius 2 is 1.73 bits per heavy atom. The molecule has 2 aromatic carbocycles. The Morgan fingerprint density at radius 1 is 1.07 bits per heavy atom. The van der Waals surface area contributed by atoms with Gasteiger partial charge in [0.15, 0.2) is 0 Å². The van der Waals surface area contributed by atoms with Crippen molar-refractivity contribution in [2.75, 3.05) is 19.0 Å². The number of phenols is 1. The summed E-state index contributed by atoms with van der Waals surface area (Å²) in [5.74, 6) is -1.40. The summed E-state index contributed by atoms with van der Waals surface area (Å²) in [4.78, 5) is 53.6. The number of aromatic hydroxyl groups is 1. The Morgan fingerprint density at radius 3 is 2.25 bits per heavy atom. The van der Waals surface area contributed by atoms with Crippen molar-refractivity contribution < 1.29 is 33.8 Å². The Bertz CT molecular complexity index is 1190. The average molecular weight is 557 g/mol. The van der Waals surface area contributed by atoms with Crippen LogP contribution in [0.15, 0.2) is 42.5 Å². The number of anilines is 1. The van der Waals surface area contributed by atoms with Gasteiger partial charge < -0.3 is 35.8 Å². The highest BCUT2D eigenvalue weighted by molar-refractivity contribution is 5.99. The van der Waals surface area contributed by atoms with E-state index in [1.54, 1.807) is 64.1 Å². The summed E-state index contributed by atoms with van der Waals surface area (Å²) in [5.41, 5.74) is 5.98. The van der Waals surface area contributed by atoms with Crippen LogP contribution >= 0.6 is 0 Å². The molecular weight excluding hydrogens is 516 g/mol. The number of carbonyl (C=O) groups is 4. The molecule has 0 spiro atoms. The molecule has 2 aromatic rings. The van der Waals surface area contributed by atoms with Crippen molar-refractivity contribution in [3.05, 3.63) is 53.6 Å². The third-order valence-corrected chi connectivity index (χ3v) is 5.88. The first-order valence-corrected chi connectivity index (χ1v) is 13.1. The first kappa shape index (κ1) is 31.9. The van der Waals surface area contributed by atoms with Gasteiger partial charge in [-0.1, -0.05) is 19.4 Å². The van der Waals surface area contributed by atoms with Crippen LogP contribution in [-0.2, 0) is 19.1 Å². The molecule has 0 aliphatic rings. The molecule has 0 fully saturated rings. The second-order valence-corrected chi connectivity index (χ2v) is 10.4. The first-order valence-electron chi connectivity index (χ1n) is 13.1. The minimum absolute atomic E-state index is 0.0303. The normalized spacial score (nSPS) is 12.6. The van der Waals surface area contributed by atoms with Crippen LogP contribution in [0, 0.1) is 6.92 Å². The molecule has 218 valence electrons. The standard InChI is InChI=1S/C29H40N4O7/c1-7-8-15-33(27(37)22(17-24(30)35)32-28(38)40-29(3,4)5)25(19-9-14-23(34)18(2)16-19)26(36)31-20-10-12-21(39-6)13-11-20/h9-14,16,22,25,34H,7-8,15,17H2,1-6H3,(H2,30,35)(H,31,36)(H,32,38). The van der Waals surface area contributed by atoms with Crippen LogP contribution < -0.4 is 21.1 Å². The monoisotopic (exact) mass is 556 g/mol. The predicted octanol–water partition coefficient (Wildman–Crippen LogP) is 3.79. The molecule has 2 atom stereocenters. The second-order valence-electron chi connectivity index (χ2n) is 10.4. The molecule has 0 saturated carbocycles. The van der Waals surface area contributed by atoms with Gasteiger partial charge in [0.1, 0.15) is 29.2 Å². The van der Waals surface area contributed by atoms with Crippen molar-refractivity contribution in [1.29, 1.82) is 0 Å². The van der Waals surface area contributed by atoms with Gasteiger partial charge >= 0.3 is 6.09 Å². The molecule has 0 bridgehead atoms. The molecule has 0 radical (unpaired) electrons. The number of primary amides is 1. The van der Waals surface area contributed by atoms with Crippen molar-refractivity contribution in [2.24, 2.45) is 5.73 Å². The van der Waals surface area contributed by atoms with Gasteiger partial charge in [-0.2, -0.15) is 0 Å². The molecule has 5 N–H and O–H groups in total. The SMILES string of the molecule is CCCCN(C(=O)C(CC(N)=O)NC(=O)OC(C)(C)C)C(C(=O)Nc1ccc(OC)cc1)c1ccc(O)c(C)c1. The summed E-state index contributed by atoms with van der Waals surface area (Å²) in [6.45, 7) is 8.74. The van der Waals surface area contributed by atoms with E-state index in [1.807, 2.05) is 6.92 Å². The smallest absolute Gasteiger partial charge is 0.408 e. The Balaban J connectivity index is 2.55. The van der Waals surface area contributed by atoms with Crippen LogP contribution in [0.5, 0.6) is 11.5 Å². The fourth-order valence-corrected chi connectivity index (χ4v) is 3.95. The van der Waals surface area contributed by atoms with Crippen molar-refractivity contribution in [3.8, 4) is 11.5 Å². The maximum atomic E-state index is 14.0. The minimum Gasteiger partial charge on any atom is -0.508 e. The van der Waals surface area contributed by atoms with Crippen molar-refractivity contribution in [2.45, 2.75) is 71.6 Å². The molecule has 0 aliphatic carbocycles. The van der Waals surface area contributed by atoms with Gasteiger partial charge in [-0.3, -0.25) is 14.4 Å². The summed E-state index contributed by atoms with van der Waals surface area (Å²) >= 11 is 0. The van der Waals surface area contributed by atoms with E-state index in [0.29, 0.717) is 35.4 Å². The van der Waals surface area contributed by atoms with Crippen LogP contribution in [0.3, 0.4) is 0 Å². The zero-order valence-corrected chi connectivity index (χ0v) is 23.9. The van der Waals surface area contributed by atoms with E-state index in [0.717, 1.165) is 0 Å². The molecular formula is C29H40N4O7. The largest absolute Gasteiger partial charge is 0.508 e. The van der Waals surface area contributed by atoms with Gasteiger partial charge in [0.05, 0.1) is 13.5 Å². The maximum absolute atomic E-state index is 14.0. The van der Waals surface area contributed by atoms with Crippen molar-refractivity contribution >= 4 is 29.5 Å². The molecule has 11 heteroatoms. The minimum atomic E-state index is -1.38. The average Bonchev–Trinajstić information content (AvgIpc) is 2.86. The van der Waals surface area contributed by atoms with E-state index >= 15 is 0 Å². The Hall–Kier alpha value is -4.28. The number of nitrogens with zero attached hydrogens (tertiary/aromatic N) is 1. The first-order chi connectivity index (χ1) is 18.7. The van der Waals surface area contributed by atoms with E-state index in [-0.39, 0.29) is 12.3 Å². The summed E-state index contributed by atoms with van der Waals surface area (Å²) < 4.78 is 10.5. The van der Waals surface area contributed by atoms with E-state index in [9.17, 15) is 24.3 Å². The Labute approximate surface area is 235 Å². The van der Waals surface area contributed by atoms with Gasteiger partial charge in [-0.25, -0.2) is 4.79 Å². The third-order valence-electron chi connectivity index (χ3n) is 5.88. The van der Waals surface area contributed by atoms with Crippen molar-refractivity contribution in [3.63, 3.8) is 0 Å². The molecule has 2 rings (SSSR count). The molecule has 0 aliphatic heterocycles. The van der Waals surface area contributed by atoms with E-state index in [1.165, 1.54) is 18.1 Å². The number of amides is 4. The quantitative estimate of drug-likeness (QED) is 0.309. The number of nitrogens with two attached hydrogens (primary N) is 1. The van der Waals surface area contributed by atoms with E-state index < -0.39 is 47.9 Å². The van der Waals surface area contributed by atoms with Crippen LogP contribution in [0.25, 0.3) is 0 Å². The highest BCUT2D eigenvalue weighted by atomic mass is 16.6. The fraction of sp³-hybridized carbons (Fsp3) is 0.448. The lowest BCUT2D eigenvalue weighted by Gasteiger charge is -2.34. The van der Waals surface area contributed by atoms with Crippen LogP contribution in [0.2, 0.25) is 0 Å². The number of unbranched alkanes of at least 4 members (excludes halogenated alkanes) is 1. The number of alkyl carbamates (subject to hydrolysis) is 1. The number of hydrogen-bond donors (Lipinski definition) is 4. The lowest BCUT2D eigenvalue weighted by molar-refractivity contribution is -0.142. The number of ether oxygens (including phenoxy) is 2. The number of phenolic OH excluding ortho intramolecular Hbond substituents is 1. The number of benzene rings is 2. The highest BCUT2D eigenvalue weighted by Gasteiger charge is 2.37. The summed E-state index contributed by atoms with van der Waals surface area (Å²) in [6.07, 6.45) is -0.166. The highest BCUT2D eigenvalue weighted by Crippen LogP contribution is 2.29. The maximum Gasteiger partial charge on any atom is 0.408 e.